The molecule has 1 rings (SSSR count). The Kier molecular flexibility index (Phi) is 4.58. The van der Waals surface area contributed by atoms with Gasteiger partial charge in [-0.2, -0.15) is 0 Å². The molecule has 15 heavy (non-hydrogen) atoms. The third-order valence-corrected chi connectivity index (χ3v) is 3.30. The van der Waals surface area contributed by atoms with Crippen LogP contribution in [0.5, 0.6) is 0 Å². The van der Waals surface area contributed by atoms with E-state index in [1.165, 1.54) is 32.4 Å². The highest BCUT2D eigenvalue weighted by Crippen LogP contribution is 2.22. The molecule has 0 spiro atoms. The predicted octanol–water partition coefficient (Wildman–Crippen LogP) is 2.36. The van der Waals surface area contributed by atoms with Crippen molar-refractivity contribution in [3.05, 3.63) is 0 Å². The minimum absolute atomic E-state index is 0.560. The van der Waals surface area contributed by atoms with Crippen molar-refractivity contribution in [2.75, 3.05) is 19.6 Å². The van der Waals surface area contributed by atoms with Gasteiger partial charge in [0.2, 0.25) is 0 Å². The number of hydrogen-bond acceptors (Lipinski definition) is 2. The second kappa shape index (κ2) is 5.50. The van der Waals surface area contributed by atoms with Gasteiger partial charge < -0.3 is 10.0 Å². The molecule has 88 valence electrons. The number of aliphatic carboxylic acids is 1. The second-order valence-electron chi connectivity index (χ2n) is 5.19. The van der Waals surface area contributed by atoms with Crippen LogP contribution in [0.4, 0.5) is 0 Å². The summed E-state index contributed by atoms with van der Waals surface area (Å²) < 4.78 is 0. The molecule has 0 aliphatic carbocycles. The lowest BCUT2D eigenvalue weighted by molar-refractivity contribution is -0.147. The van der Waals surface area contributed by atoms with Crippen LogP contribution in [0.2, 0.25) is 0 Å². The Hall–Kier alpha value is -0.570. The summed E-state index contributed by atoms with van der Waals surface area (Å²) in [6, 6.07) is 0. The zero-order valence-electron chi connectivity index (χ0n) is 9.96. The Morgan fingerprint density at radius 1 is 1.27 bits per heavy atom. The van der Waals surface area contributed by atoms with Gasteiger partial charge in [0.05, 0.1) is 5.41 Å². The summed E-state index contributed by atoms with van der Waals surface area (Å²) >= 11 is 0. The molecule has 1 heterocycles. The van der Waals surface area contributed by atoms with Crippen LogP contribution in [0.15, 0.2) is 0 Å². The summed E-state index contributed by atoms with van der Waals surface area (Å²) in [7, 11) is 0. The molecule has 1 fully saturated rings. The highest BCUT2D eigenvalue weighted by atomic mass is 16.4. The minimum atomic E-state index is -0.679. The van der Waals surface area contributed by atoms with Crippen molar-refractivity contribution in [3.8, 4) is 0 Å². The largest absolute Gasteiger partial charge is 0.481 e. The van der Waals surface area contributed by atoms with Crippen molar-refractivity contribution in [2.45, 2.75) is 46.0 Å². The lowest BCUT2D eigenvalue weighted by Crippen LogP contribution is -2.32. The highest BCUT2D eigenvalue weighted by molar-refractivity contribution is 5.73. The Balaban J connectivity index is 2.17. The molecule has 0 aromatic heterocycles. The highest BCUT2D eigenvalue weighted by Gasteiger charge is 2.26. The molecule has 0 amide bonds. The lowest BCUT2D eigenvalue weighted by atomic mass is 9.88. The van der Waals surface area contributed by atoms with Crippen LogP contribution in [-0.4, -0.2) is 35.6 Å². The van der Waals surface area contributed by atoms with E-state index in [1.807, 2.05) is 13.8 Å². The van der Waals surface area contributed by atoms with Gasteiger partial charge in [-0.1, -0.05) is 6.42 Å². The van der Waals surface area contributed by atoms with Gasteiger partial charge in [-0.15, -0.1) is 0 Å². The average molecular weight is 213 g/mol. The van der Waals surface area contributed by atoms with Crippen molar-refractivity contribution >= 4 is 5.97 Å². The van der Waals surface area contributed by atoms with Crippen molar-refractivity contribution in [1.82, 2.24) is 4.90 Å². The fourth-order valence-corrected chi connectivity index (χ4v) is 2.03. The van der Waals surface area contributed by atoms with Crippen molar-refractivity contribution in [1.29, 1.82) is 0 Å². The Labute approximate surface area is 92.5 Å². The summed E-state index contributed by atoms with van der Waals surface area (Å²) in [6.45, 7) is 7.09. The van der Waals surface area contributed by atoms with E-state index in [0.29, 0.717) is 0 Å². The number of likely N-dealkylation sites (tertiary alicyclic amines) is 1. The van der Waals surface area contributed by atoms with E-state index in [1.54, 1.807) is 0 Å². The minimum Gasteiger partial charge on any atom is -0.481 e. The van der Waals surface area contributed by atoms with Crippen LogP contribution < -0.4 is 0 Å². The Bertz CT molecular complexity index is 208. The van der Waals surface area contributed by atoms with E-state index in [4.69, 9.17) is 5.11 Å². The van der Waals surface area contributed by atoms with Gasteiger partial charge in [-0.25, -0.2) is 0 Å². The molecular weight excluding hydrogens is 190 g/mol. The predicted molar refractivity (Wildman–Crippen MR) is 60.9 cm³/mol. The van der Waals surface area contributed by atoms with Crippen molar-refractivity contribution in [2.24, 2.45) is 5.41 Å². The number of carbonyl (C=O) groups is 1. The molecule has 0 atom stereocenters. The zero-order valence-corrected chi connectivity index (χ0v) is 9.96. The second-order valence-corrected chi connectivity index (χ2v) is 5.19. The number of hydrogen-bond donors (Lipinski definition) is 1. The molecule has 1 saturated heterocycles. The van der Waals surface area contributed by atoms with Crippen molar-refractivity contribution < 1.29 is 9.90 Å². The number of carboxylic acids is 1. The number of nitrogens with zero attached hydrogens (tertiary/aromatic N) is 1. The number of piperidine rings is 1. The van der Waals surface area contributed by atoms with Gasteiger partial charge in [-0.3, -0.25) is 4.79 Å². The molecule has 0 aromatic carbocycles. The van der Waals surface area contributed by atoms with Gasteiger partial charge in [0.1, 0.15) is 0 Å². The molecular formula is C12H23NO2. The molecule has 3 nitrogen and oxygen atoms in total. The monoisotopic (exact) mass is 213 g/mol. The number of carboxylic acid groups (broad SMARTS) is 1. The maximum Gasteiger partial charge on any atom is 0.309 e. The molecule has 0 aromatic rings. The average Bonchev–Trinajstić information content (AvgIpc) is 2.19. The van der Waals surface area contributed by atoms with Gasteiger partial charge in [-0.05, 0) is 59.2 Å². The number of rotatable bonds is 5. The Morgan fingerprint density at radius 2 is 1.87 bits per heavy atom. The topological polar surface area (TPSA) is 40.5 Å². The van der Waals surface area contributed by atoms with Gasteiger partial charge >= 0.3 is 5.97 Å². The van der Waals surface area contributed by atoms with E-state index in [9.17, 15) is 4.79 Å². The summed E-state index contributed by atoms with van der Waals surface area (Å²) in [5.74, 6) is -0.679. The first kappa shape index (κ1) is 12.5. The summed E-state index contributed by atoms with van der Waals surface area (Å²) in [4.78, 5) is 13.3. The van der Waals surface area contributed by atoms with E-state index in [-0.39, 0.29) is 0 Å². The zero-order chi connectivity index (χ0) is 11.3. The summed E-state index contributed by atoms with van der Waals surface area (Å²) in [6.07, 6.45) is 5.75. The normalized spacial score (nSPS) is 19.1. The fourth-order valence-electron chi connectivity index (χ4n) is 2.03. The molecule has 0 saturated carbocycles. The molecule has 0 bridgehead atoms. The van der Waals surface area contributed by atoms with Crippen LogP contribution in [0, 0.1) is 5.41 Å². The van der Waals surface area contributed by atoms with Crippen LogP contribution in [0.1, 0.15) is 46.0 Å². The van der Waals surface area contributed by atoms with Gasteiger partial charge in [0.15, 0.2) is 0 Å². The Morgan fingerprint density at radius 3 is 2.40 bits per heavy atom. The fraction of sp³-hybridized carbons (Fsp3) is 0.917. The maximum absolute atomic E-state index is 10.9. The third kappa shape index (κ3) is 4.20. The first-order valence-electron chi connectivity index (χ1n) is 5.98. The summed E-state index contributed by atoms with van der Waals surface area (Å²) in [5.41, 5.74) is -0.560. The third-order valence-electron chi connectivity index (χ3n) is 3.30. The van der Waals surface area contributed by atoms with E-state index < -0.39 is 11.4 Å². The van der Waals surface area contributed by atoms with E-state index in [2.05, 4.69) is 4.90 Å². The molecule has 1 N–H and O–H groups in total. The van der Waals surface area contributed by atoms with Crippen LogP contribution in [0.25, 0.3) is 0 Å². The van der Waals surface area contributed by atoms with Crippen LogP contribution >= 0.6 is 0 Å². The maximum atomic E-state index is 10.9. The molecule has 0 radical (unpaired) electrons. The quantitative estimate of drug-likeness (QED) is 0.762. The van der Waals surface area contributed by atoms with Gasteiger partial charge in [0, 0.05) is 0 Å². The molecule has 1 aliphatic heterocycles. The summed E-state index contributed by atoms with van der Waals surface area (Å²) in [5, 5.41) is 8.96. The SMILES string of the molecule is CC(C)(CCCN1CCCCC1)C(=O)O. The first-order valence-corrected chi connectivity index (χ1v) is 5.98. The molecule has 3 heteroatoms. The lowest BCUT2D eigenvalue weighted by Gasteiger charge is -2.27. The standard InChI is InChI=1S/C12H23NO2/c1-12(2,11(14)15)7-6-10-13-8-4-3-5-9-13/h3-10H2,1-2H3,(H,14,15). The smallest absolute Gasteiger partial charge is 0.309 e. The first-order chi connectivity index (χ1) is 7.02. The molecule has 0 unspecified atom stereocenters. The van der Waals surface area contributed by atoms with Crippen LogP contribution in [0.3, 0.4) is 0 Å². The van der Waals surface area contributed by atoms with Crippen molar-refractivity contribution in [3.63, 3.8) is 0 Å². The molecule has 1 aliphatic rings. The van der Waals surface area contributed by atoms with E-state index >= 15 is 0 Å². The van der Waals surface area contributed by atoms with Crippen LogP contribution in [-0.2, 0) is 4.79 Å². The van der Waals surface area contributed by atoms with E-state index in [0.717, 1.165) is 19.4 Å². The van der Waals surface area contributed by atoms with Gasteiger partial charge in [0.25, 0.3) is 0 Å².